The fourth-order valence-electron chi connectivity index (χ4n) is 1.67. The highest BCUT2D eigenvalue weighted by Gasteiger charge is 2.27. The van der Waals surface area contributed by atoms with Gasteiger partial charge in [0.25, 0.3) is 0 Å². The molecule has 1 heteroatoms. The summed E-state index contributed by atoms with van der Waals surface area (Å²) < 4.78 is 0. The van der Waals surface area contributed by atoms with E-state index in [0.29, 0.717) is 5.31 Å². The van der Waals surface area contributed by atoms with E-state index in [4.69, 9.17) is 0 Å². The Morgan fingerprint density at radius 3 is 2.44 bits per heavy atom. The van der Waals surface area contributed by atoms with Crippen LogP contribution in [0.25, 0.3) is 0 Å². The van der Waals surface area contributed by atoms with Gasteiger partial charge in [0, 0.05) is 0 Å². The van der Waals surface area contributed by atoms with Crippen LogP contribution in [0, 0.1) is 5.92 Å². The first-order valence-corrected chi connectivity index (χ1v) is 4.13. The van der Waals surface area contributed by atoms with Crippen molar-refractivity contribution in [1.82, 2.24) is 0 Å². The summed E-state index contributed by atoms with van der Waals surface area (Å²) in [5.74, 6) is 0.950. The molecule has 1 rings (SSSR count). The second-order valence-electron chi connectivity index (χ2n) is 4.14. The van der Waals surface area contributed by atoms with Crippen molar-refractivity contribution in [2.45, 2.75) is 44.8 Å². The Labute approximate surface area is 59.4 Å². The Morgan fingerprint density at radius 2 is 2.11 bits per heavy atom. The molecule has 1 aliphatic carbocycles. The van der Waals surface area contributed by atoms with Crippen molar-refractivity contribution in [2.75, 3.05) is 0 Å². The van der Waals surface area contributed by atoms with Gasteiger partial charge in [-0.15, -0.1) is 0 Å². The third kappa shape index (κ3) is 1.50. The fraction of sp³-hybridized carbons (Fsp3) is 1.00. The molecule has 0 nitrogen and oxygen atoms in total. The standard InChI is InChI=1S/C8H17B/c1-7-5-3-4-6-8(7,2)9/h7H,3-6,9H2,1-2H3/t7?,8-/m1/s1. The first kappa shape index (κ1) is 7.18. The van der Waals surface area contributed by atoms with Crippen molar-refractivity contribution in [3.05, 3.63) is 0 Å². The van der Waals surface area contributed by atoms with Crippen molar-refractivity contribution in [1.29, 1.82) is 0 Å². The monoisotopic (exact) mass is 124 g/mol. The van der Waals surface area contributed by atoms with Gasteiger partial charge in [0.2, 0.25) is 0 Å². The molecule has 0 aromatic carbocycles. The highest BCUT2D eigenvalue weighted by Crippen LogP contribution is 2.43. The summed E-state index contributed by atoms with van der Waals surface area (Å²) in [5, 5.41) is 0.637. The van der Waals surface area contributed by atoms with Crippen molar-refractivity contribution < 1.29 is 0 Å². The Hall–Kier alpha value is 0.0649. The van der Waals surface area contributed by atoms with E-state index in [1.165, 1.54) is 25.7 Å². The van der Waals surface area contributed by atoms with E-state index in [0.717, 1.165) is 5.92 Å². The number of hydrogen-bond acceptors (Lipinski definition) is 0. The molecule has 1 fully saturated rings. The second-order valence-corrected chi connectivity index (χ2v) is 4.14. The van der Waals surface area contributed by atoms with Crippen LogP contribution in [0.5, 0.6) is 0 Å². The number of rotatable bonds is 0. The van der Waals surface area contributed by atoms with E-state index in [9.17, 15) is 0 Å². The van der Waals surface area contributed by atoms with Crippen molar-refractivity contribution in [2.24, 2.45) is 5.92 Å². The van der Waals surface area contributed by atoms with Gasteiger partial charge in [0.05, 0.1) is 0 Å². The van der Waals surface area contributed by atoms with E-state index in [1.807, 2.05) is 0 Å². The zero-order chi connectivity index (χ0) is 6.91. The summed E-state index contributed by atoms with van der Waals surface area (Å²) in [6.07, 6.45) is 5.81. The van der Waals surface area contributed by atoms with Crippen LogP contribution in [0.4, 0.5) is 0 Å². The molecule has 1 saturated carbocycles. The topological polar surface area (TPSA) is 0 Å². The van der Waals surface area contributed by atoms with Gasteiger partial charge in [-0.25, -0.2) is 0 Å². The fourth-order valence-corrected chi connectivity index (χ4v) is 1.67. The Morgan fingerprint density at radius 1 is 1.44 bits per heavy atom. The first-order chi connectivity index (χ1) is 4.13. The largest absolute Gasteiger partial charge is 0.109 e. The molecule has 0 bridgehead atoms. The van der Waals surface area contributed by atoms with E-state index < -0.39 is 0 Å². The summed E-state index contributed by atoms with van der Waals surface area (Å²) >= 11 is 0. The molecule has 52 valence electrons. The third-order valence-electron chi connectivity index (χ3n) is 3.04. The molecule has 0 heterocycles. The minimum absolute atomic E-state index is 0.637. The maximum atomic E-state index is 2.40. The van der Waals surface area contributed by atoms with Gasteiger partial charge in [-0.2, -0.15) is 0 Å². The summed E-state index contributed by atoms with van der Waals surface area (Å²) in [5.41, 5.74) is 0. The minimum Gasteiger partial charge on any atom is -0.0667 e. The normalized spacial score (nSPS) is 44.9. The van der Waals surface area contributed by atoms with Gasteiger partial charge < -0.3 is 0 Å². The molecule has 2 atom stereocenters. The zero-order valence-corrected chi connectivity index (χ0v) is 6.91. The lowest BCUT2D eigenvalue weighted by molar-refractivity contribution is 0.295. The minimum atomic E-state index is 0.637. The van der Waals surface area contributed by atoms with Crippen LogP contribution in [-0.2, 0) is 0 Å². The van der Waals surface area contributed by atoms with Crippen LogP contribution in [0.15, 0.2) is 0 Å². The summed E-state index contributed by atoms with van der Waals surface area (Å²) in [4.78, 5) is 0. The predicted molar refractivity (Wildman–Crippen MR) is 44.5 cm³/mol. The maximum absolute atomic E-state index is 2.40. The summed E-state index contributed by atoms with van der Waals surface area (Å²) in [7, 11) is 2.40. The van der Waals surface area contributed by atoms with Gasteiger partial charge >= 0.3 is 0 Å². The Kier molecular flexibility index (Phi) is 1.88. The lowest BCUT2D eigenvalue weighted by Gasteiger charge is -2.36. The molecule has 9 heavy (non-hydrogen) atoms. The molecule has 0 aromatic rings. The highest BCUT2D eigenvalue weighted by molar-refractivity contribution is 6.15. The van der Waals surface area contributed by atoms with E-state index in [1.54, 1.807) is 0 Å². The van der Waals surface area contributed by atoms with E-state index in [2.05, 4.69) is 21.7 Å². The molecule has 0 aromatic heterocycles. The van der Waals surface area contributed by atoms with E-state index >= 15 is 0 Å². The van der Waals surface area contributed by atoms with Crippen LogP contribution < -0.4 is 0 Å². The third-order valence-corrected chi connectivity index (χ3v) is 3.04. The van der Waals surface area contributed by atoms with Crippen molar-refractivity contribution in [3.63, 3.8) is 0 Å². The van der Waals surface area contributed by atoms with Gasteiger partial charge in [-0.1, -0.05) is 44.8 Å². The molecule has 1 aliphatic rings. The maximum Gasteiger partial charge on any atom is 0.109 e. The molecule has 0 radical (unpaired) electrons. The summed E-state index contributed by atoms with van der Waals surface area (Å²) in [6, 6.07) is 0. The van der Waals surface area contributed by atoms with Crippen molar-refractivity contribution in [3.8, 4) is 0 Å². The smallest absolute Gasteiger partial charge is 0.0667 e. The Bertz CT molecular complexity index is 96.7. The average molecular weight is 124 g/mol. The molecular formula is C8H17B. The summed E-state index contributed by atoms with van der Waals surface area (Å²) in [6.45, 7) is 4.79. The van der Waals surface area contributed by atoms with Crippen molar-refractivity contribution >= 4 is 7.85 Å². The molecular weight excluding hydrogens is 107 g/mol. The van der Waals surface area contributed by atoms with Gasteiger partial charge in [-0.3, -0.25) is 0 Å². The molecule has 0 N–H and O–H groups in total. The van der Waals surface area contributed by atoms with Crippen LogP contribution in [0.1, 0.15) is 39.5 Å². The van der Waals surface area contributed by atoms with Gasteiger partial charge in [-0.05, 0) is 5.92 Å². The lowest BCUT2D eigenvalue weighted by Crippen LogP contribution is -2.22. The lowest BCUT2D eigenvalue weighted by atomic mass is 9.56. The van der Waals surface area contributed by atoms with Crippen LogP contribution in [-0.4, -0.2) is 7.85 Å². The van der Waals surface area contributed by atoms with Crippen LogP contribution in [0.3, 0.4) is 0 Å². The van der Waals surface area contributed by atoms with Gasteiger partial charge in [0.1, 0.15) is 7.85 Å². The predicted octanol–water partition coefficient (Wildman–Crippen LogP) is 2.01. The Balaban J connectivity index is 2.49. The second kappa shape index (κ2) is 2.36. The first-order valence-electron chi connectivity index (χ1n) is 4.13. The quantitative estimate of drug-likeness (QED) is 0.433. The molecule has 0 saturated heterocycles. The van der Waals surface area contributed by atoms with Gasteiger partial charge in [0.15, 0.2) is 0 Å². The van der Waals surface area contributed by atoms with Crippen LogP contribution in [0.2, 0.25) is 5.31 Å². The SMILES string of the molecule is B[C@]1(C)CCCCC1C. The molecule has 0 amide bonds. The zero-order valence-electron chi connectivity index (χ0n) is 6.91. The molecule has 0 spiro atoms. The molecule has 0 aliphatic heterocycles. The number of hydrogen-bond donors (Lipinski definition) is 0. The van der Waals surface area contributed by atoms with Crippen LogP contribution >= 0.6 is 0 Å². The van der Waals surface area contributed by atoms with E-state index in [-0.39, 0.29) is 0 Å². The average Bonchev–Trinajstić information content (AvgIpc) is 1.77. The highest BCUT2D eigenvalue weighted by atomic mass is 14.3. The molecule has 1 unspecified atom stereocenters.